The van der Waals surface area contributed by atoms with Gasteiger partial charge in [-0.2, -0.15) is 0 Å². The van der Waals surface area contributed by atoms with Crippen molar-refractivity contribution in [1.82, 2.24) is 0 Å². The summed E-state index contributed by atoms with van der Waals surface area (Å²) in [7, 11) is 0. The van der Waals surface area contributed by atoms with Gasteiger partial charge in [-0.25, -0.2) is 4.99 Å². The normalized spacial score (nSPS) is 34.0. The van der Waals surface area contributed by atoms with Crippen LogP contribution in [0.1, 0.15) is 13.8 Å². The molecule has 0 radical (unpaired) electrons. The van der Waals surface area contributed by atoms with Gasteiger partial charge in [-0.05, 0) is 13.0 Å². The highest BCUT2D eigenvalue weighted by atomic mass is 16.5. The van der Waals surface area contributed by atoms with Gasteiger partial charge in [0.1, 0.15) is 12.1 Å². The van der Waals surface area contributed by atoms with Crippen molar-refractivity contribution in [2.24, 2.45) is 4.99 Å². The highest BCUT2D eigenvalue weighted by molar-refractivity contribution is 5.76. The van der Waals surface area contributed by atoms with Crippen molar-refractivity contribution in [3.8, 4) is 0 Å². The van der Waals surface area contributed by atoms with Crippen molar-refractivity contribution in [2.45, 2.75) is 26.0 Å². The van der Waals surface area contributed by atoms with Crippen LogP contribution in [-0.4, -0.2) is 18.0 Å². The van der Waals surface area contributed by atoms with E-state index in [4.69, 9.17) is 4.74 Å². The molecule has 2 nitrogen and oxygen atoms in total. The van der Waals surface area contributed by atoms with Crippen LogP contribution in [0.15, 0.2) is 28.8 Å². The van der Waals surface area contributed by atoms with Crippen molar-refractivity contribution in [3.63, 3.8) is 0 Å². The lowest BCUT2D eigenvalue weighted by Gasteiger charge is -2.14. The van der Waals surface area contributed by atoms with Gasteiger partial charge in [0.2, 0.25) is 0 Å². The van der Waals surface area contributed by atoms with Crippen molar-refractivity contribution in [1.29, 1.82) is 0 Å². The van der Waals surface area contributed by atoms with Crippen LogP contribution >= 0.6 is 0 Å². The standard InChI is InChI=1S/C9H11NO/c1-6-3-4-8-9(5-6)11-7(2)10-8/h3-5,8-9H,1-2H3. The molecule has 1 heterocycles. The smallest absolute Gasteiger partial charge is 0.181 e. The average Bonchev–Trinajstić information content (AvgIpc) is 2.27. The van der Waals surface area contributed by atoms with Crippen LogP contribution in [0.5, 0.6) is 0 Å². The molecule has 2 rings (SSSR count). The number of hydrogen-bond acceptors (Lipinski definition) is 2. The van der Waals surface area contributed by atoms with E-state index in [1.165, 1.54) is 5.57 Å². The Labute approximate surface area is 66.3 Å². The van der Waals surface area contributed by atoms with Crippen LogP contribution in [0.25, 0.3) is 0 Å². The first-order valence-electron chi connectivity index (χ1n) is 3.83. The Hall–Kier alpha value is -1.05. The van der Waals surface area contributed by atoms with E-state index in [-0.39, 0.29) is 12.1 Å². The molecule has 0 saturated carbocycles. The molecule has 0 spiro atoms. The maximum Gasteiger partial charge on any atom is 0.181 e. The van der Waals surface area contributed by atoms with Crippen molar-refractivity contribution in [2.75, 3.05) is 0 Å². The molecule has 0 N–H and O–H groups in total. The van der Waals surface area contributed by atoms with E-state index in [0.717, 1.165) is 5.90 Å². The number of aliphatic imine (C=N–C) groups is 1. The quantitative estimate of drug-likeness (QED) is 0.513. The molecule has 0 aromatic carbocycles. The number of nitrogens with zero attached hydrogens (tertiary/aromatic N) is 1. The number of ether oxygens (including phenoxy) is 1. The Morgan fingerprint density at radius 1 is 1.45 bits per heavy atom. The van der Waals surface area contributed by atoms with E-state index in [2.05, 4.69) is 30.1 Å². The second-order valence-electron chi connectivity index (χ2n) is 2.99. The van der Waals surface area contributed by atoms with Crippen molar-refractivity contribution >= 4 is 5.90 Å². The summed E-state index contributed by atoms with van der Waals surface area (Å²) >= 11 is 0. The highest BCUT2D eigenvalue weighted by Gasteiger charge is 2.26. The topological polar surface area (TPSA) is 21.6 Å². The van der Waals surface area contributed by atoms with Gasteiger partial charge in [0.05, 0.1) is 0 Å². The van der Waals surface area contributed by atoms with E-state index < -0.39 is 0 Å². The molecule has 1 aliphatic heterocycles. The first kappa shape index (κ1) is 6.65. The van der Waals surface area contributed by atoms with Gasteiger partial charge >= 0.3 is 0 Å². The second-order valence-corrected chi connectivity index (χ2v) is 2.99. The molecule has 2 unspecified atom stereocenters. The van der Waals surface area contributed by atoms with Gasteiger partial charge in [-0.15, -0.1) is 0 Å². The molecule has 2 aliphatic rings. The molecule has 0 aromatic rings. The molecule has 2 heteroatoms. The Morgan fingerprint density at radius 3 is 3.09 bits per heavy atom. The van der Waals surface area contributed by atoms with E-state index in [0.29, 0.717) is 0 Å². The van der Waals surface area contributed by atoms with Crippen LogP contribution in [0, 0.1) is 0 Å². The van der Waals surface area contributed by atoms with E-state index in [9.17, 15) is 0 Å². The largest absolute Gasteiger partial charge is 0.471 e. The van der Waals surface area contributed by atoms with E-state index in [1.54, 1.807) is 0 Å². The lowest BCUT2D eigenvalue weighted by atomic mass is 10.0. The molecule has 0 amide bonds. The summed E-state index contributed by atoms with van der Waals surface area (Å²) in [6.07, 6.45) is 6.47. The fourth-order valence-electron chi connectivity index (χ4n) is 1.43. The monoisotopic (exact) mass is 149 g/mol. The van der Waals surface area contributed by atoms with Gasteiger partial charge in [-0.3, -0.25) is 0 Å². The van der Waals surface area contributed by atoms with Gasteiger partial charge in [0.25, 0.3) is 0 Å². The predicted molar refractivity (Wildman–Crippen MR) is 44.7 cm³/mol. The Bertz CT molecular complexity index is 263. The molecule has 1 aliphatic carbocycles. The lowest BCUT2D eigenvalue weighted by molar-refractivity contribution is 0.251. The van der Waals surface area contributed by atoms with Crippen molar-refractivity contribution in [3.05, 3.63) is 23.8 Å². The molecule has 0 bridgehead atoms. The first-order chi connectivity index (χ1) is 5.25. The first-order valence-corrected chi connectivity index (χ1v) is 3.83. The molecule has 0 saturated heterocycles. The van der Waals surface area contributed by atoms with Crippen LogP contribution < -0.4 is 0 Å². The summed E-state index contributed by atoms with van der Waals surface area (Å²) in [6, 6.07) is 0.235. The second kappa shape index (κ2) is 2.22. The molecule has 58 valence electrons. The van der Waals surface area contributed by atoms with Crippen molar-refractivity contribution < 1.29 is 4.74 Å². The SMILES string of the molecule is CC1=CC2OC(C)=NC2C=C1. The number of hydrogen-bond donors (Lipinski definition) is 0. The molecular formula is C9H11NO. The third-order valence-electron chi connectivity index (χ3n) is 1.96. The van der Waals surface area contributed by atoms with Gasteiger partial charge in [0, 0.05) is 6.92 Å². The van der Waals surface area contributed by atoms with Gasteiger partial charge in [0.15, 0.2) is 5.90 Å². The average molecular weight is 149 g/mol. The molecular weight excluding hydrogens is 138 g/mol. The number of rotatable bonds is 0. The predicted octanol–water partition coefficient (Wildman–Crippen LogP) is 1.69. The van der Waals surface area contributed by atoms with Crippen LogP contribution in [0.3, 0.4) is 0 Å². The van der Waals surface area contributed by atoms with E-state index in [1.807, 2.05) is 6.92 Å². The van der Waals surface area contributed by atoms with Crippen LogP contribution in [-0.2, 0) is 4.74 Å². The molecule has 0 aromatic heterocycles. The Balaban J connectivity index is 2.25. The zero-order valence-corrected chi connectivity index (χ0v) is 6.74. The summed E-state index contributed by atoms with van der Waals surface area (Å²) in [4.78, 5) is 4.31. The minimum Gasteiger partial charge on any atom is -0.471 e. The fraction of sp³-hybridized carbons (Fsp3) is 0.444. The number of fused-ring (bicyclic) bond motifs is 1. The summed E-state index contributed by atoms with van der Waals surface area (Å²) in [5, 5.41) is 0. The fourth-order valence-corrected chi connectivity index (χ4v) is 1.43. The highest BCUT2D eigenvalue weighted by Crippen LogP contribution is 2.21. The maximum atomic E-state index is 5.46. The lowest BCUT2D eigenvalue weighted by Crippen LogP contribution is -2.20. The third kappa shape index (κ3) is 1.09. The zero-order chi connectivity index (χ0) is 7.84. The summed E-state index contributed by atoms with van der Waals surface area (Å²) in [5.41, 5.74) is 1.26. The minimum absolute atomic E-state index is 0.167. The zero-order valence-electron chi connectivity index (χ0n) is 6.74. The molecule has 2 atom stereocenters. The van der Waals surface area contributed by atoms with Crippen LogP contribution in [0.2, 0.25) is 0 Å². The third-order valence-corrected chi connectivity index (χ3v) is 1.96. The summed E-state index contributed by atoms with van der Waals surface area (Å²) in [5.74, 6) is 0.801. The van der Waals surface area contributed by atoms with Gasteiger partial charge in [-0.1, -0.05) is 17.7 Å². The Morgan fingerprint density at radius 2 is 2.27 bits per heavy atom. The maximum absolute atomic E-state index is 5.46. The number of allylic oxidation sites excluding steroid dienone is 2. The minimum atomic E-state index is 0.167. The van der Waals surface area contributed by atoms with Crippen LogP contribution in [0.4, 0.5) is 0 Å². The summed E-state index contributed by atoms with van der Waals surface area (Å²) in [6.45, 7) is 3.97. The van der Waals surface area contributed by atoms with E-state index >= 15 is 0 Å². The molecule has 0 fully saturated rings. The van der Waals surface area contributed by atoms with Gasteiger partial charge < -0.3 is 4.74 Å². The molecule has 11 heavy (non-hydrogen) atoms. The summed E-state index contributed by atoms with van der Waals surface area (Å²) < 4.78 is 5.46. The Kier molecular flexibility index (Phi) is 1.34.